The fraction of sp³-hybridized carbons (Fsp3) is 0. The maximum Gasteiger partial charge on any atom is 0.246 e. The third kappa shape index (κ3) is 4.48. The second kappa shape index (κ2) is 12.5. The summed E-state index contributed by atoms with van der Waals surface area (Å²) in [6.07, 6.45) is 0. The first-order valence-electron chi connectivity index (χ1n) is 20.7. The van der Waals surface area contributed by atoms with Crippen molar-refractivity contribution < 1.29 is 4.42 Å². The minimum Gasteiger partial charge on any atom is -0.456 e. The number of hydrogen-bond donors (Lipinski definition) is 0. The Kier molecular flexibility index (Phi) is 6.96. The molecule has 1 aromatic heterocycles. The molecule has 0 atom stereocenters. The highest BCUT2D eigenvalue weighted by molar-refractivity contribution is 7.22. The van der Waals surface area contributed by atoms with Gasteiger partial charge in [0.25, 0.3) is 0 Å². The minimum atomic E-state index is -3.03. The molecule has 0 radical (unpaired) electrons. The van der Waals surface area contributed by atoms with Crippen LogP contribution in [-0.2, 0) is 0 Å². The number of nitrogens with zero attached hydrogens (tertiary/aromatic N) is 1. The summed E-state index contributed by atoms with van der Waals surface area (Å²) >= 11 is 0. The van der Waals surface area contributed by atoms with Crippen molar-refractivity contribution in [2.24, 2.45) is 0 Å². The molecular formula is C54H35B2NOSi. The van der Waals surface area contributed by atoms with Crippen molar-refractivity contribution in [3.8, 4) is 11.1 Å². The van der Waals surface area contributed by atoms with Crippen LogP contribution in [0.5, 0.6) is 0 Å². The van der Waals surface area contributed by atoms with Crippen LogP contribution in [0.1, 0.15) is 0 Å². The lowest BCUT2D eigenvalue weighted by Crippen LogP contribution is -2.80. The molecular weight excluding hydrogens is 728 g/mol. The molecule has 0 bridgehead atoms. The molecule has 0 N–H and O–H groups in total. The van der Waals surface area contributed by atoms with Gasteiger partial charge in [-0.1, -0.05) is 205 Å². The Bertz CT molecular complexity index is 3260. The van der Waals surface area contributed by atoms with Crippen molar-refractivity contribution in [2.75, 3.05) is 4.90 Å². The Morgan fingerprint density at radius 2 is 0.881 bits per heavy atom. The van der Waals surface area contributed by atoms with Crippen molar-refractivity contribution >= 4 is 114 Å². The molecule has 0 unspecified atom stereocenters. The van der Waals surface area contributed by atoms with Crippen molar-refractivity contribution in [1.82, 2.24) is 0 Å². The third-order valence-electron chi connectivity index (χ3n) is 13.4. The molecule has 0 saturated heterocycles. The number of para-hydroxylation sites is 3. The lowest BCUT2D eigenvalue weighted by Gasteiger charge is -2.52. The van der Waals surface area contributed by atoms with Gasteiger partial charge in [0.15, 0.2) is 8.07 Å². The summed E-state index contributed by atoms with van der Waals surface area (Å²) in [5, 5.41) is 7.96. The van der Waals surface area contributed by atoms with Gasteiger partial charge >= 0.3 is 0 Å². The van der Waals surface area contributed by atoms with Gasteiger partial charge in [-0.05, 0) is 71.9 Å². The lowest BCUT2D eigenvalue weighted by atomic mass is 9.30. The Labute approximate surface area is 345 Å². The molecule has 0 saturated carbocycles. The standard InChI is InChI=1S/C54H35B2NOSi/c1-5-17-38(18-6-1)55-44-26-15-27-45-52(44)57-53-46(55)28-16-30-50(53)59(40-21-9-3-10-22-40,41-23-11-4-12-24-41)51-35-37(34-47(54(51)57)56(45)39-19-7-2-8-20-39)36-31-32-49-43(33-36)42-25-13-14-29-48(42)58-49/h1-35H. The average Bonchev–Trinajstić information content (AvgIpc) is 3.68. The Morgan fingerprint density at radius 1 is 0.356 bits per heavy atom. The summed E-state index contributed by atoms with van der Waals surface area (Å²) in [5.41, 5.74) is 16.4. The van der Waals surface area contributed by atoms with Gasteiger partial charge in [-0.2, -0.15) is 0 Å². The van der Waals surface area contributed by atoms with Gasteiger partial charge in [-0.25, -0.2) is 0 Å². The van der Waals surface area contributed by atoms with Gasteiger partial charge in [0.2, 0.25) is 13.4 Å². The van der Waals surface area contributed by atoms with Crippen LogP contribution in [0.4, 0.5) is 17.1 Å². The van der Waals surface area contributed by atoms with Gasteiger partial charge in [-0.15, -0.1) is 0 Å². The highest BCUT2D eigenvalue weighted by Gasteiger charge is 2.55. The van der Waals surface area contributed by atoms with Crippen LogP contribution < -0.4 is 58.4 Å². The molecule has 2 nitrogen and oxygen atoms in total. The average molecular weight is 764 g/mol. The molecule has 9 aromatic carbocycles. The van der Waals surface area contributed by atoms with Crippen LogP contribution >= 0.6 is 0 Å². The van der Waals surface area contributed by atoms with E-state index >= 15 is 0 Å². The maximum atomic E-state index is 6.36. The fourth-order valence-electron chi connectivity index (χ4n) is 11.1. The highest BCUT2D eigenvalue weighted by Crippen LogP contribution is 2.42. The minimum absolute atomic E-state index is 0.0241. The van der Waals surface area contributed by atoms with E-state index in [-0.39, 0.29) is 13.4 Å². The summed E-state index contributed by atoms with van der Waals surface area (Å²) in [5.74, 6) is 0. The Morgan fingerprint density at radius 3 is 1.54 bits per heavy atom. The molecule has 13 rings (SSSR count). The molecule has 3 aliphatic heterocycles. The van der Waals surface area contributed by atoms with Gasteiger partial charge < -0.3 is 9.32 Å². The predicted molar refractivity (Wildman–Crippen MR) is 253 cm³/mol. The fourth-order valence-corrected chi connectivity index (χ4v) is 16.3. The molecule has 5 heteroatoms. The molecule has 0 spiro atoms. The van der Waals surface area contributed by atoms with Crippen molar-refractivity contribution in [3.05, 3.63) is 212 Å². The van der Waals surface area contributed by atoms with Gasteiger partial charge in [0.1, 0.15) is 11.2 Å². The van der Waals surface area contributed by atoms with E-state index in [1.807, 2.05) is 0 Å². The van der Waals surface area contributed by atoms with Gasteiger partial charge in [0, 0.05) is 27.8 Å². The molecule has 0 aliphatic carbocycles. The van der Waals surface area contributed by atoms with Crippen LogP contribution in [0.2, 0.25) is 0 Å². The molecule has 0 fully saturated rings. The molecule has 4 heterocycles. The first-order valence-corrected chi connectivity index (χ1v) is 22.7. The molecule has 0 amide bonds. The lowest BCUT2D eigenvalue weighted by molar-refractivity contribution is 0.669. The van der Waals surface area contributed by atoms with Crippen LogP contribution in [0.15, 0.2) is 217 Å². The number of fused-ring (bicyclic) bond motifs is 3. The number of anilines is 3. The van der Waals surface area contributed by atoms with E-state index in [4.69, 9.17) is 4.42 Å². The van der Waals surface area contributed by atoms with E-state index < -0.39 is 8.07 Å². The highest BCUT2D eigenvalue weighted by atomic mass is 28.3. The Balaban J connectivity index is 1.22. The topological polar surface area (TPSA) is 16.4 Å². The zero-order valence-electron chi connectivity index (χ0n) is 32.2. The number of furan rings is 1. The number of rotatable bonds is 5. The van der Waals surface area contributed by atoms with Crippen molar-refractivity contribution in [1.29, 1.82) is 0 Å². The summed E-state index contributed by atoms with van der Waals surface area (Å²) < 4.78 is 6.36. The van der Waals surface area contributed by atoms with Crippen molar-refractivity contribution in [3.63, 3.8) is 0 Å². The number of hydrogen-bond acceptors (Lipinski definition) is 2. The zero-order valence-corrected chi connectivity index (χ0v) is 33.2. The summed E-state index contributed by atoms with van der Waals surface area (Å²) in [7, 11) is -3.03. The van der Waals surface area contributed by atoms with E-state index in [1.54, 1.807) is 0 Å². The van der Waals surface area contributed by atoms with Crippen LogP contribution in [-0.4, -0.2) is 21.5 Å². The normalized spacial score (nSPS) is 14.1. The molecule has 272 valence electrons. The summed E-state index contributed by atoms with van der Waals surface area (Å²) in [6, 6.07) is 80.0. The molecule has 59 heavy (non-hydrogen) atoms. The smallest absolute Gasteiger partial charge is 0.246 e. The maximum absolute atomic E-state index is 6.36. The van der Waals surface area contributed by atoms with Crippen LogP contribution in [0.25, 0.3) is 33.1 Å². The van der Waals surface area contributed by atoms with E-state index in [2.05, 4.69) is 217 Å². The first kappa shape index (κ1) is 33.0. The summed E-state index contributed by atoms with van der Waals surface area (Å²) in [6.45, 7) is 0.113. The quantitative estimate of drug-likeness (QED) is 0.198. The first-order chi connectivity index (χ1) is 29.3. The Hall–Kier alpha value is -7.07. The largest absolute Gasteiger partial charge is 0.456 e. The second-order valence-corrected chi connectivity index (χ2v) is 20.0. The SMILES string of the molecule is c1ccc(B2c3cccc4c3N3c5c2cccc5[Si](c2ccccc2)(c2ccccc2)c2cc(-c5ccc6oc7ccccc7c6c5)cc(c23)B4c2ccccc2)cc1. The zero-order chi connectivity index (χ0) is 38.7. The monoisotopic (exact) mass is 763 g/mol. The van der Waals surface area contributed by atoms with Gasteiger partial charge in [-0.3, -0.25) is 0 Å². The van der Waals surface area contributed by atoms with Crippen LogP contribution in [0.3, 0.4) is 0 Å². The van der Waals surface area contributed by atoms with E-state index in [1.165, 1.54) is 81.7 Å². The predicted octanol–water partition coefficient (Wildman–Crippen LogP) is 6.07. The van der Waals surface area contributed by atoms with Crippen LogP contribution in [0, 0.1) is 0 Å². The van der Waals surface area contributed by atoms with E-state index in [0.29, 0.717) is 0 Å². The third-order valence-corrected chi connectivity index (χ3v) is 18.2. The molecule has 10 aromatic rings. The summed E-state index contributed by atoms with van der Waals surface area (Å²) in [4.78, 5) is 2.71. The van der Waals surface area contributed by atoms with E-state index in [0.717, 1.165) is 21.9 Å². The van der Waals surface area contributed by atoms with Gasteiger partial charge in [0.05, 0.1) is 0 Å². The number of benzene rings is 9. The van der Waals surface area contributed by atoms with Crippen molar-refractivity contribution in [2.45, 2.75) is 0 Å². The second-order valence-electron chi connectivity index (χ2n) is 16.3. The molecule has 3 aliphatic rings. The van der Waals surface area contributed by atoms with E-state index in [9.17, 15) is 0 Å².